The molecule has 5 nitrogen and oxygen atoms in total. The van der Waals surface area contributed by atoms with Crippen LogP contribution >= 0.6 is 0 Å². The summed E-state index contributed by atoms with van der Waals surface area (Å²) in [5.74, 6) is 1.16. The van der Waals surface area contributed by atoms with E-state index in [4.69, 9.17) is 9.47 Å². The van der Waals surface area contributed by atoms with Gasteiger partial charge in [0, 0.05) is 11.3 Å². The summed E-state index contributed by atoms with van der Waals surface area (Å²) >= 11 is 0. The molecule has 112 valence electrons. The average molecular weight is 288 g/mol. The lowest BCUT2D eigenvalue weighted by Gasteiger charge is -2.10. The molecule has 0 N–H and O–H groups in total. The third-order valence-electron chi connectivity index (χ3n) is 3.35. The molecule has 0 amide bonds. The molecule has 0 aliphatic heterocycles. The Hall–Kier alpha value is -2.30. The van der Waals surface area contributed by atoms with E-state index in [2.05, 4.69) is 5.10 Å². The number of ether oxygens (including phenoxy) is 2. The number of carbonyl (C=O) groups excluding carboxylic acids is 1. The highest BCUT2D eigenvalue weighted by Gasteiger charge is 2.13. The van der Waals surface area contributed by atoms with Crippen molar-refractivity contribution >= 4 is 5.78 Å². The molecule has 2 aromatic rings. The summed E-state index contributed by atoms with van der Waals surface area (Å²) in [6.45, 7) is 4.21. The summed E-state index contributed by atoms with van der Waals surface area (Å²) in [4.78, 5) is 12.4. The van der Waals surface area contributed by atoms with E-state index >= 15 is 0 Å². The van der Waals surface area contributed by atoms with Gasteiger partial charge < -0.3 is 9.47 Å². The molecule has 0 aliphatic rings. The highest BCUT2D eigenvalue weighted by molar-refractivity contribution is 5.96. The molecular weight excluding hydrogens is 268 g/mol. The molecule has 0 saturated carbocycles. The number of ketones is 1. The number of methoxy groups -OCH3 is 2. The number of carbonyl (C=O) groups is 1. The number of hydrogen-bond acceptors (Lipinski definition) is 4. The predicted molar refractivity (Wildman–Crippen MR) is 80.2 cm³/mol. The van der Waals surface area contributed by atoms with Gasteiger partial charge in [-0.3, -0.25) is 9.48 Å². The molecule has 0 spiro atoms. The lowest BCUT2D eigenvalue weighted by atomic mass is 10.1. The van der Waals surface area contributed by atoms with Gasteiger partial charge in [-0.1, -0.05) is 6.92 Å². The van der Waals surface area contributed by atoms with E-state index < -0.39 is 0 Å². The van der Waals surface area contributed by atoms with Crippen molar-refractivity contribution in [1.82, 2.24) is 9.78 Å². The minimum Gasteiger partial charge on any atom is -0.493 e. The molecule has 0 bridgehead atoms. The first-order valence-electron chi connectivity index (χ1n) is 6.87. The number of aromatic nitrogens is 2. The third kappa shape index (κ3) is 3.24. The molecule has 1 aromatic carbocycles. The van der Waals surface area contributed by atoms with Gasteiger partial charge in [-0.15, -0.1) is 0 Å². The van der Waals surface area contributed by atoms with Crippen LogP contribution in [0.3, 0.4) is 0 Å². The fraction of sp³-hybridized carbons (Fsp3) is 0.375. The van der Waals surface area contributed by atoms with Crippen LogP contribution in [0, 0.1) is 6.92 Å². The first kappa shape index (κ1) is 15.1. The lowest BCUT2D eigenvalue weighted by Crippen LogP contribution is -2.14. The van der Waals surface area contributed by atoms with Gasteiger partial charge in [0.25, 0.3) is 0 Å². The van der Waals surface area contributed by atoms with E-state index in [0.717, 1.165) is 17.8 Å². The molecule has 0 aliphatic carbocycles. The molecule has 0 unspecified atom stereocenters. The van der Waals surface area contributed by atoms with Gasteiger partial charge >= 0.3 is 0 Å². The van der Waals surface area contributed by atoms with Crippen LogP contribution in [-0.2, 0) is 13.0 Å². The van der Waals surface area contributed by atoms with Crippen LogP contribution < -0.4 is 9.47 Å². The quantitative estimate of drug-likeness (QED) is 0.767. The van der Waals surface area contributed by atoms with Crippen molar-refractivity contribution in [3.8, 4) is 11.5 Å². The van der Waals surface area contributed by atoms with Crippen molar-refractivity contribution in [2.24, 2.45) is 0 Å². The van der Waals surface area contributed by atoms with Crippen LogP contribution in [0.25, 0.3) is 0 Å². The maximum atomic E-state index is 12.4. The second-order valence-electron chi connectivity index (χ2n) is 4.78. The zero-order valence-corrected chi connectivity index (χ0v) is 12.8. The normalized spacial score (nSPS) is 10.5. The van der Waals surface area contributed by atoms with Gasteiger partial charge in [0.05, 0.1) is 19.9 Å². The van der Waals surface area contributed by atoms with Crippen molar-refractivity contribution in [2.45, 2.75) is 26.8 Å². The number of nitrogens with zero attached hydrogens (tertiary/aromatic N) is 2. The highest BCUT2D eigenvalue weighted by atomic mass is 16.5. The van der Waals surface area contributed by atoms with E-state index in [0.29, 0.717) is 17.1 Å². The Kier molecular flexibility index (Phi) is 4.62. The van der Waals surface area contributed by atoms with Gasteiger partial charge in [-0.05, 0) is 37.6 Å². The van der Waals surface area contributed by atoms with Crippen LogP contribution in [0.2, 0.25) is 0 Å². The molecule has 0 fully saturated rings. The monoisotopic (exact) mass is 288 g/mol. The molecule has 0 atom stereocenters. The van der Waals surface area contributed by atoms with Crippen LogP contribution in [0.15, 0.2) is 24.3 Å². The van der Waals surface area contributed by atoms with Gasteiger partial charge in [0.1, 0.15) is 6.54 Å². The average Bonchev–Trinajstić information content (AvgIpc) is 2.86. The Bertz CT molecular complexity index is 647. The Morgan fingerprint density at radius 3 is 2.52 bits per heavy atom. The summed E-state index contributed by atoms with van der Waals surface area (Å²) in [5, 5.41) is 4.36. The number of hydrogen-bond donors (Lipinski definition) is 0. The number of aryl methyl sites for hydroxylation is 2. The molecular formula is C16H20N2O3. The van der Waals surface area contributed by atoms with E-state index in [-0.39, 0.29) is 12.3 Å². The minimum atomic E-state index is -0.00578. The number of Topliss-reactive ketones (excluding diaryl/α,β-unsaturated/α-hetero) is 1. The summed E-state index contributed by atoms with van der Waals surface area (Å²) in [5.41, 5.74) is 2.57. The van der Waals surface area contributed by atoms with Gasteiger partial charge in [-0.25, -0.2) is 0 Å². The highest BCUT2D eigenvalue weighted by Crippen LogP contribution is 2.27. The number of benzene rings is 1. The summed E-state index contributed by atoms with van der Waals surface area (Å²) in [6.07, 6.45) is 0.847. The largest absolute Gasteiger partial charge is 0.493 e. The first-order chi connectivity index (χ1) is 10.1. The fourth-order valence-corrected chi connectivity index (χ4v) is 2.26. The molecule has 0 saturated heterocycles. The Morgan fingerprint density at radius 1 is 1.19 bits per heavy atom. The predicted octanol–water partition coefficient (Wildman–Crippen LogP) is 2.65. The second kappa shape index (κ2) is 6.43. The third-order valence-corrected chi connectivity index (χ3v) is 3.35. The van der Waals surface area contributed by atoms with Gasteiger partial charge in [-0.2, -0.15) is 5.10 Å². The van der Waals surface area contributed by atoms with Crippen LogP contribution in [0.5, 0.6) is 11.5 Å². The Morgan fingerprint density at radius 2 is 1.90 bits per heavy atom. The number of rotatable bonds is 6. The molecule has 2 rings (SSSR count). The minimum absolute atomic E-state index is 0.00578. The van der Waals surface area contributed by atoms with E-state index in [9.17, 15) is 4.79 Å². The van der Waals surface area contributed by atoms with Crippen molar-refractivity contribution in [1.29, 1.82) is 0 Å². The smallest absolute Gasteiger partial charge is 0.184 e. The maximum absolute atomic E-state index is 12.4. The molecule has 5 heteroatoms. The van der Waals surface area contributed by atoms with E-state index in [1.54, 1.807) is 37.1 Å². The van der Waals surface area contributed by atoms with Crippen LogP contribution in [0.4, 0.5) is 0 Å². The van der Waals surface area contributed by atoms with Crippen molar-refractivity contribution in [3.63, 3.8) is 0 Å². The van der Waals surface area contributed by atoms with Gasteiger partial charge in [0.2, 0.25) is 0 Å². The Labute approximate surface area is 124 Å². The van der Waals surface area contributed by atoms with Crippen LogP contribution in [-0.4, -0.2) is 29.8 Å². The van der Waals surface area contributed by atoms with Crippen molar-refractivity contribution < 1.29 is 14.3 Å². The fourth-order valence-electron chi connectivity index (χ4n) is 2.26. The molecule has 0 radical (unpaired) electrons. The lowest BCUT2D eigenvalue weighted by molar-refractivity contribution is 0.0966. The van der Waals surface area contributed by atoms with Crippen LogP contribution in [0.1, 0.15) is 28.7 Å². The Balaban J connectivity index is 2.24. The maximum Gasteiger partial charge on any atom is 0.184 e. The summed E-state index contributed by atoms with van der Waals surface area (Å²) in [7, 11) is 3.12. The van der Waals surface area contributed by atoms with Gasteiger partial charge in [0.15, 0.2) is 17.3 Å². The first-order valence-corrected chi connectivity index (χ1v) is 6.87. The summed E-state index contributed by atoms with van der Waals surface area (Å²) in [6, 6.07) is 7.18. The zero-order chi connectivity index (χ0) is 15.4. The second-order valence-corrected chi connectivity index (χ2v) is 4.78. The molecule has 21 heavy (non-hydrogen) atoms. The van der Waals surface area contributed by atoms with Crippen molar-refractivity contribution in [3.05, 3.63) is 41.2 Å². The topological polar surface area (TPSA) is 53.4 Å². The SMILES string of the molecule is CCc1cc(C)nn1CC(=O)c1ccc(OC)c(OC)c1. The van der Waals surface area contributed by atoms with Crippen molar-refractivity contribution in [2.75, 3.05) is 14.2 Å². The molecule has 1 heterocycles. The summed E-state index contributed by atoms with van der Waals surface area (Å²) < 4.78 is 12.2. The molecule has 1 aromatic heterocycles. The van der Waals surface area contributed by atoms with E-state index in [1.165, 1.54) is 0 Å². The zero-order valence-electron chi connectivity index (χ0n) is 12.8. The van der Waals surface area contributed by atoms with E-state index in [1.807, 2.05) is 19.9 Å². The standard InChI is InChI=1S/C16H20N2O3/c1-5-13-8-11(2)17-18(13)10-14(19)12-6-7-15(20-3)16(9-12)21-4/h6-9H,5,10H2,1-4H3.